The van der Waals surface area contributed by atoms with Gasteiger partial charge >= 0.3 is 0 Å². The van der Waals surface area contributed by atoms with E-state index in [0.717, 1.165) is 29.5 Å². The molecule has 192 valence electrons. The van der Waals surface area contributed by atoms with Crippen molar-refractivity contribution < 1.29 is 18.3 Å². The van der Waals surface area contributed by atoms with Gasteiger partial charge in [-0.2, -0.15) is 0 Å². The Kier molecular flexibility index (Phi) is 7.74. The molecule has 0 aromatic heterocycles. The molecule has 0 fully saturated rings. The second-order valence-corrected chi connectivity index (χ2v) is 12.0. The van der Waals surface area contributed by atoms with Gasteiger partial charge in [0, 0.05) is 5.41 Å². The molecule has 0 amide bonds. The number of sulfone groups is 1. The zero-order valence-corrected chi connectivity index (χ0v) is 22.6. The minimum absolute atomic E-state index is 0.236. The van der Waals surface area contributed by atoms with Crippen molar-refractivity contribution in [3.63, 3.8) is 0 Å². The predicted molar refractivity (Wildman–Crippen MR) is 148 cm³/mol. The number of benzene rings is 4. The third kappa shape index (κ3) is 5.89. The first-order valence-electron chi connectivity index (χ1n) is 12.6. The fourth-order valence-corrected chi connectivity index (χ4v) is 5.78. The molecule has 1 N–H and O–H groups in total. The molecule has 0 bridgehead atoms. The van der Waals surface area contributed by atoms with Gasteiger partial charge in [0.15, 0.2) is 0 Å². The van der Waals surface area contributed by atoms with Crippen LogP contribution in [0.15, 0.2) is 107 Å². The van der Waals surface area contributed by atoms with Gasteiger partial charge in [0.25, 0.3) is 0 Å². The van der Waals surface area contributed by atoms with Crippen LogP contribution in [0, 0.1) is 0 Å². The summed E-state index contributed by atoms with van der Waals surface area (Å²) in [6.07, 6.45) is 2.17. The lowest BCUT2D eigenvalue weighted by atomic mass is 9.78. The number of hydrogen-bond donors (Lipinski definition) is 1. The van der Waals surface area contributed by atoms with Crippen molar-refractivity contribution in [1.82, 2.24) is 0 Å². The Balaban J connectivity index is 1.46. The normalized spacial score (nSPS) is 12.8. The van der Waals surface area contributed by atoms with E-state index in [1.54, 1.807) is 48.5 Å². The second-order valence-electron chi connectivity index (χ2n) is 10.0. The highest BCUT2D eigenvalue weighted by Crippen LogP contribution is 2.34. The lowest BCUT2D eigenvalue weighted by Gasteiger charge is -2.26. The van der Waals surface area contributed by atoms with Gasteiger partial charge in [0.05, 0.1) is 9.79 Å². The summed E-state index contributed by atoms with van der Waals surface area (Å²) in [5.41, 5.74) is 3.12. The van der Waals surface area contributed by atoms with E-state index in [1.807, 2.05) is 48.5 Å². The van der Waals surface area contributed by atoms with E-state index in [4.69, 9.17) is 4.74 Å². The Morgan fingerprint density at radius 2 is 1.16 bits per heavy atom. The summed E-state index contributed by atoms with van der Waals surface area (Å²) in [6, 6.07) is 28.8. The Morgan fingerprint density at radius 3 is 1.65 bits per heavy atom. The average Bonchev–Trinajstić information content (AvgIpc) is 2.90. The van der Waals surface area contributed by atoms with E-state index in [2.05, 4.69) is 27.7 Å². The molecule has 0 heterocycles. The fourth-order valence-electron chi connectivity index (χ4n) is 4.52. The highest BCUT2D eigenvalue weighted by Gasteiger charge is 2.23. The molecule has 0 spiro atoms. The summed E-state index contributed by atoms with van der Waals surface area (Å²) in [5.74, 6) is 1.88. The third-order valence-corrected chi connectivity index (χ3v) is 8.80. The summed E-state index contributed by atoms with van der Waals surface area (Å²) in [5, 5.41) is 9.58. The quantitative estimate of drug-likeness (QED) is 0.244. The molecule has 1 unspecified atom stereocenters. The molecule has 4 nitrogen and oxygen atoms in total. The Morgan fingerprint density at radius 1 is 0.730 bits per heavy atom. The van der Waals surface area contributed by atoms with Gasteiger partial charge in [0.2, 0.25) is 9.84 Å². The van der Waals surface area contributed by atoms with Gasteiger partial charge in [-0.3, -0.25) is 0 Å². The van der Waals surface area contributed by atoms with Crippen LogP contribution in [0.2, 0.25) is 0 Å². The summed E-state index contributed by atoms with van der Waals surface area (Å²) >= 11 is 0. The molecule has 4 aromatic carbocycles. The molecule has 5 heteroatoms. The maximum atomic E-state index is 13.1. The van der Waals surface area contributed by atoms with E-state index in [0.29, 0.717) is 22.3 Å². The summed E-state index contributed by atoms with van der Waals surface area (Å²) in [6.45, 7) is 8.58. The largest absolute Gasteiger partial charge is 0.508 e. The number of aromatic hydroxyl groups is 1. The number of rotatable bonds is 9. The lowest BCUT2D eigenvalue weighted by molar-refractivity contribution is 0.474. The van der Waals surface area contributed by atoms with E-state index in [9.17, 15) is 13.5 Å². The van der Waals surface area contributed by atoms with Crippen molar-refractivity contribution in [3.05, 3.63) is 114 Å². The van der Waals surface area contributed by atoms with Gasteiger partial charge in [-0.05, 0) is 89.7 Å². The van der Waals surface area contributed by atoms with Crippen molar-refractivity contribution in [2.24, 2.45) is 0 Å². The molecular weight excluding hydrogens is 480 g/mol. The second kappa shape index (κ2) is 10.8. The van der Waals surface area contributed by atoms with Gasteiger partial charge in [-0.25, -0.2) is 8.42 Å². The molecule has 0 saturated heterocycles. The zero-order chi connectivity index (χ0) is 26.6. The van der Waals surface area contributed by atoms with Crippen molar-refractivity contribution in [1.29, 1.82) is 0 Å². The first-order valence-corrected chi connectivity index (χ1v) is 14.1. The number of ether oxygens (including phenoxy) is 1. The van der Waals surface area contributed by atoms with E-state index in [1.165, 1.54) is 0 Å². The summed E-state index contributed by atoms with van der Waals surface area (Å²) in [4.78, 5) is 0.528. The van der Waals surface area contributed by atoms with Gasteiger partial charge in [0.1, 0.15) is 17.2 Å². The lowest BCUT2D eigenvalue weighted by Crippen LogP contribution is -2.18. The van der Waals surface area contributed by atoms with Crippen molar-refractivity contribution in [2.75, 3.05) is 0 Å². The SMILES string of the molecule is CCCC(C)c1ccc(S(=O)(=O)c2ccc(Oc3ccc(C(C)(C)c4ccc(O)cc4)cc3)cc2)cc1. The fraction of sp³-hybridized carbons (Fsp3) is 0.250. The van der Waals surface area contributed by atoms with Gasteiger partial charge < -0.3 is 9.84 Å². The van der Waals surface area contributed by atoms with Crippen LogP contribution in [-0.4, -0.2) is 13.5 Å². The van der Waals surface area contributed by atoms with Crippen LogP contribution in [0.5, 0.6) is 17.2 Å². The zero-order valence-electron chi connectivity index (χ0n) is 21.8. The first-order chi connectivity index (χ1) is 17.6. The summed E-state index contributed by atoms with van der Waals surface area (Å²) < 4.78 is 32.2. The number of phenols is 1. The third-order valence-electron chi connectivity index (χ3n) is 7.02. The first kappa shape index (κ1) is 26.5. The minimum atomic E-state index is -3.61. The predicted octanol–water partition coefficient (Wildman–Crippen LogP) is 8.25. The number of hydrogen-bond acceptors (Lipinski definition) is 4. The molecular formula is C32H34O4S. The molecule has 1 atom stereocenters. The van der Waals surface area contributed by atoms with Crippen molar-refractivity contribution in [3.8, 4) is 17.2 Å². The van der Waals surface area contributed by atoms with Crippen LogP contribution in [-0.2, 0) is 15.3 Å². The van der Waals surface area contributed by atoms with E-state index in [-0.39, 0.29) is 16.1 Å². The van der Waals surface area contributed by atoms with Crippen molar-refractivity contribution >= 4 is 9.84 Å². The molecule has 0 radical (unpaired) electrons. The van der Waals surface area contributed by atoms with Crippen LogP contribution >= 0.6 is 0 Å². The molecule has 0 saturated carbocycles. The van der Waals surface area contributed by atoms with Crippen LogP contribution in [0.4, 0.5) is 0 Å². The van der Waals surface area contributed by atoms with E-state index < -0.39 is 9.84 Å². The Hall–Kier alpha value is -3.57. The van der Waals surface area contributed by atoms with E-state index >= 15 is 0 Å². The van der Waals surface area contributed by atoms with Crippen LogP contribution in [0.25, 0.3) is 0 Å². The standard InChI is InChI=1S/C32H34O4S/c1-5-6-23(2)24-7-19-30(20-8-24)37(34,35)31-21-17-29(18-22-31)36-28-15-11-26(12-16-28)32(3,4)25-9-13-27(33)14-10-25/h7-23,33H,5-6H2,1-4H3. The topological polar surface area (TPSA) is 63.6 Å². The highest BCUT2D eigenvalue weighted by atomic mass is 32.2. The van der Waals surface area contributed by atoms with Gasteiger partial charge in [-0.15, -0.1) is 0 Å². The molecule has 0 aliphatic carbocycles. The average molecular weight is 515 g/mol. The van der Waals surface area contributed by atoms with Crippen molar-refractivity contribution in [2.45, 2.75) is 61.7 Å². The Bertz CT molecular complexity index is 1420. The van der Waals surface area contributed by atoms with Crippen LogP contribution in [0.3, 0.4) is 0 Å². The van der Waals surface area contributed by atoms with Crippen LogP contribution < -0.4 is 4.74 Å². The number of phenolic OH excluding ortho intramolecular Hbond substituents is 1. The smallest absolute Gasteiger partial charge is 0.206 e. The molecule has 0 aliphatic heterocycles. The minimum Gasteiger partial charge on any atom is -0.508 e. The monoisotopic (exact) mass is 514 g/mol. The Labute approximate surface area is 220 Å². The van der Waals surface area contributed by atoms with Gasteiger partial charge in [-0.1, -0.05) is 70.5 Å². The maximum absolute atomic E-state index is 13.1. The maximum Gasteiger partial charge on any atom is 0.206 e. The van der Waals surface area contributed by atoms with Crippen LogP contribution in [0.1, 0.15) is 63.1 Å². The molecule has 0 aliphatic rings. The molecule has 4 aromatic rings. The molecule has 37 heavy (non-hydrogen) atoms. The molecule has 4 rings (SSSR count). The highest BCUT2D eigenvalue weighted by molar-refractivity contribution is 7.91. The summed E-state index contributed by atoms with van der Waals surface area (Å²) in [7, 11) is -3.61.